The maximum absolute atomic E-state index is 5.75. The van der Waals surface area contributed by atoms with Crippen LogP contribution in [-0.4, -0.2) is 9.97 Å². The fraction of sp³-hybridized carbons (Fsp3) is 0.714. The highest BCUT2D eigenvalue weighted by molar-refractivity contribution is 5.22. The number of unbranched alkanes of at least 4 members (excludes halogenated alkanes) is 4. The van der Waals surface area contributed by atoms with Crippen molar-refractivity contribution in [1.82, 2.24) is 9.97 Å². The molecule has 1 aromatic heterocycles. The van der Waals surface area contributed by atoms with Gasteiger partial charge in [0.2, 0.25) is 5.95 Å². The Bertz CT molecular complexity index is 295. The number of hydrogen-bond donors (Lipinski definition) is 1. The summed E-state index contributed by atoms with van der Waals surface area (Å²) >= 11 is 0. The Balaban J connectivity index is 2.53. The lowest BCUT2D eigenvalue weighted by atomic mass is 10.1. The predicted octanol–water partition coefficient (Wildman–Crippen LogP) is 3.52. The summed E-state index contributed by atoms with van der Waals surface area (Å²) in [6.45, 7) is 4.43. The maximum atomic E-state index is 5.75. The van der Waals surface area contributed by atoms with Gasteiger partial charge in [0.1, 0.15) is 0 Å². The highest BCUT2D eigenvalue weighted by Crippen LogP contribution is 2.10. The Hall–Kier alpha value is -1.12. The van der Waals surface area contributed by atoms with Gasteiger partial charge in [-0.1, -0.05) is 39.5 Å². The molecule has 0 fully saturated rings. The van der Waals surface area contributed by atoms with Gasteiger partial charge >= 0.3 is 0 Å². The summed E-state index contributed by atoms with van der Waals surface area (Å²) in [4.78, 5) is 8.60. The van der Waals surface area contributed by atoms with Crippen LogP contribution in [0.1, 0.15) is 63.8 Å². The summed E-state index contributed by atoms with van der Waals surface area (Å²) in [6.07, 6.45) is 9.45. The molecule has 0 atom stereocenters. The minimum absolute atomic E-state index is 0.436. The fourth-order valence-electron chi connectivity index (χ4n) is 1.94. The highest BCUT2D eigenvalue weighted by atomic mass is 15.0. The maximum Gasteiger partial charge on any atom is 0.220 e. The number of aryl methyl sites for hydroxylation is 2. The number of rotatable bonds is 8. The van der Waals surface area contributed by atoms with Crippen molar-refractivity contribution in [3.63, 3.8) is 0 Å². The van der Waals surface area contributed by atoms with Gasteiger partial charge in [-0.05, 0) is 31.7 Å². The summed E-state index contributed by atoms with van der Waals surface area (Å²) < 4.78 is 0. The molecule has 0 spiro atoms. The number of nitrogen functional groups attached to an aromatic ring is 1. The van der Waals surface area contributed by atoms with Gasteiger partial charge in [0.05, 0.1) is 0 Å². The molecule has 17 heavy (non-hydrogen) atoms. The lowest BCUT2D eigenvalue weighted by Crippen LogP contribution is -2.03. The highest BCUT2D eigenvalue weighted by Gasteiger charge is 2.02. The first-order valence-corrected chi connectivity index (χ1v) is 6.88. The molecule has 0 saturated carbocycles. The van der Waals surface area contributed by atoms with E-state index in [1.165, 1.54) is 38.5 Å². The van der Waals surface area contributed by atoms with Crippen molar-refractivity contribution >= 4 is 5.95 Å². The molecule has 0 unspecified atom stereocenters. The van der Waals surface area contributed by atoms with Crippen LogP contribution in [0.3, 0.4) is 0 Å². The van der Waals surface area contributed by atoms with Crippen LogP contribution in [0.25, 0.3) is 0 Å². The number of nitrogens with zero attached hydrogens (tertiary/aromatic N) is 2. The van der Waals surface area contributed by atoms with Crippen molar-refractivity contribution in [2.45, 2.75) is 65.2 Å². The molecule has 3 nitrogen and oxygen atoms in total. The second-order valence-corrected chi connectivity index (χ2v) is 4.62. The summed E-state index contributed by atoms with van der Waals surface area (Å²) in [5.41, 5.74) is 7.96. The van der Waals surface area contributed by atoms with E-state index in [9.17, 15) is 0 Å². The third-order valence-electron chi connectivity index (χ3n) is 2.92. The Morgan fingerprint density at radius 2 is 1.35 bits per heavy atom. The van der Waals surface area contributed by atoms with Crippen molar-refractivity contribution in [3.8, 4) is 0 Å². The molecule has 0 radical (unpaired) electrons. The molecular formula is C14H25N3. The van der Waals surface area contributed by atoms with Crippen molar-refractivity contribution in [2.75, 3.05) is 5.73 Å². The van der Waals surface area contributed by atoms with Gasteiger partial charge in [-0.3, -0.25) is 0 Å². The molecule has 0 aliphatic heterocycles. The van der Waals surface area contributed by atoms with Crippen LogP contribution >= 0.6 is 0 Å². The predicted molar refractivity (Wildman–Crippen MR) is 72.9 cm³/mol. The molecule has 0 bridgehead atoms. The van der Waals surface area contributed by atoms with Gasteiger partial charge in [0.25, 0.3) is 0 Å². The molecular weight excluding hydrogens is 210 g/mol. The van der Waals surface area contributed by atoms with Crippen LogP contribution in [0.15, 0.2) is 6.07 Å². The van der Waals surface area contributed by atoms with Crippen molar-refractivity contribution in [1.29, 1.82) is 0 Å². The van der Waals surface area contributed by atoms with Crippen molar-refractivity contribution < 1.29 is 0 Å². The Labute approximate surface area is 105 Å². The lowest BCUT2D eigenvalue weighted by Gasteiger charge is -2.05. The van der Waals surface area contributed by atoms with E-state index in [1.807, 2.05) is 0 Å². The average molecular weight is 235 g/mol. The number of nitrogens with two attached hydrogens (primary N) is 1. The van der Waals surface area contributed by atoms with Gasteiger partial charge in [-0.15, -0.1) is 0 Å². The zero-order valence-electron chi connectivity index (χ0n) is 11.2. The molecule has 0 aliphatic carbocycles. The summed E-state index contributed by atoms with van der Waals surface area (Å²) in [5.74, 6) is 0.436. The number of aromatic nitrogens is 2. The first-order valence-electron chi connectivity index (χ1n) is 6.88. The topological polar surface area (TPSA) is 51.8 Å². The van der Waals surface area contributed by atoms with Gasteiger partial charge < -0.3 is 5.73 Å². The van der Waals surface area contributed by atoms with E-state index >= 15 is 0 Å². The van der Waals surface area contributed by atoms with E-state index in [0.29, 0.717) is 5.95 Å². The van der Waals surface area contributed by atoms with Gasteiger partial charge in [-0.25, -0.2) is 9.97 Å². The second-order valence-electron chi connectivity index (χ2n) is 4.62. The van der Waals surface area contributed by atoms with Gasteiger partial charge in [-0.2, -0.15) is 0 Å². The molecule has 96 valence electrons. The first-order chi connectivity index (χ1) is 8.26. The summed E-state index contributed by atoms with van der Waals surface area (Å²) in [6, 6.07) is 2.13. The minimum atomic E-state index is 0.436. The van der Waals surface area contributed by atoms with E-state index < -0.39 is 0 Å². The monoisotopic (exact) mass is 235 g/mol. The Kier molecular flexibility index (Phi) is 6.60. The van der Waals surface area contributed by atoms with Crippen LogP contribution in [0.2, 0.25) is 0 Å². The van der Waals surface area contributed by atoms with E-state index in [-0.39, 0.29) is 0 Å². The molecule has 1 aromatic rings. The molecule has 3 heteroatoms. The quantitative estimate of drug-likeness (QED) is 0.701. The fourth-order valence-corrected chi connectivity index (χ4v) is 1.94. The molecule has 1 heterocycles. The standard InChI is InChI=1S/C14H25N3/c1-3-5-7-9-12-11-13(10-8-6-4-2)17-14(15)16-12/h11H,3-10H2,1-2H3,(H2,15,16,17). The zero-order valence-corrected chi connectivity index (χ0v) is 11.2. The van der Waals surface area contributed by atoms with Crippen molar-refractivity contribution in [2.24, 2.45) is 0 Å². The van der Waals surface area contributed by atoms with Crippen LogP contribution in [0.4, 0.5) is 5.95 Å². The van der Waals surface area contributed by atoms with E-state index in [4.69, 9.17) is 5.73 Å². The molecule has 0 saturated heterocycles. The Morgan fingerprint density at radius 1 is 0.882 bits per heavy atom. The second kappa shape index (κ2) is 8.04. The van der Waals surface area contributed by atoms with Crippen molar-refractivity contribution in [3.05, 3.63) is 17.5 Å². The minimum Gasteiger partial charge on any atom is -0.368 e. The van der Waals surface area contributed by atoms with Crippen LogP contribution in [0, 0.1) is 0 Å². The van der Waals surface area contributed by atoms with Crippen LogP contribution in [-0.2, 0) is 12.8 Å². The molecule has 0 aromatic carbocycles. The number of anilines is 1. The smallest absolute Gasteiger partial charge is 0.220 e. The molecule has 1 rings (SSSR count). The molecule has 0 aliphatic rings. The third kappa shape index (κ3) is 5.66. The number of hydrogen-bond acceptors (Lipinski definition) is 3. The van der Waals surface area contributed by atoms with E-state index in [1.54, 1.807) is 0 Å². The van der Waals surface area contributed by atoms with Crippen LogP contribution < -0.4 is 5.73 Å². The summed E-state index contributed by atoms with van der Waals surface area (Å²) in [7, 11) is 0. The Morgan fingerprint density at radius 3 is 1.76 bits per heavy atom. The summed E-state index contributed by atoms with van der Waals surface area (Å²) in [5, 5.41) is 0. The van der Waals surface area contributed by atoms with E-state index in [0.717, 1.165) is 24.2 Å². The zero-order chi connectivity index (χ0) is 12.5. The SMILES string of the molecule is CCCCCc1cc(CCCCC)nc(N)n1. The molecule has 0 amide bonds. The van der Waals surface area contributed by atoms with Crippen LogP contribution in [0.5, 0.6) is 0 Å². The van der Waals surface area contributed by atoms with Gasteiger partial charge in [0.15, 0.2) is 0 Å². The first kappa shape index (κ1) is 13.9. The van der Waals surface area contributed by atoms with E-state index in [2.05, 4.69) is 29.9 Å². The average Bonchev–Trinajstić information content (AvgIpc) is 2.29. The molecule has 2 N–H and O–H groups in total. The largest absolute Gasteiger partial charge is 0.368 e. The third-order valence-corrected chi connectivity index (χ3v) is 2.92. The normalized spacial score (nSPS) is 10.7. The van der Waals surface area contributed by atoms with Gasteiger partial charge in [0, 0.05) is 11.4 Å². The lowest BCUT2D eigenvalue weighted by molar-refractivity contribution is 0.692.